The number of hydrogen-bond donors (Lipinski definition) is 2. The number of benzene rings is 1. The minimum Gasteiger partial charge on any atom is -0.423 e. The first kappa shape index (κ1) is 9.70. The van der Waals surface area contributed by atoms with Gasteiger partial charge in [0, 0.05) is 0 Å². The van der Waals surface area contributed by atoms with E-state index in [2.05, 4.69) is 15.9 Å². The molecule has 0 aromatic heterocycles. The summed E-state index contributed by atoms with van der Waals surface area (Å²) in [7, 11) is -1.62. The summed E-state index contributed by atoms with van der Waals surface area (Å²) >= 11 is 2.99. The molecule has 0 unspecified atom stereocenters. The highest BCUT2D eigenvalue weighted by atomic mass is 79.9. The van der Waals surface area contributed by atoms with Gasteiger partial charge >= 0.3 is 7.12 Å². The lowest BCUT2D eigenvalue weighted by Gasteiger charge is -2.05. The van der Waals surface area contributed by atoms with Gasteiger partial charge in [-0.15, -0.1) is 0 Å². The number of hydrogen-bond acceptors (Lipinski definition) is 2. The molecule has 0 aliphatic rings. The molecule has 64 valence electrons. The Labute approximate surface area is 78.3 Å². The fourth-order valence-electron chi connectivity index (χ4n) is 0.940. The molecule has 0 radical (unpaired) electrons. The highest BCUT2D eigenvalue weighted by Gasteiger charge is 2.15. The van der Waals surface area contributed by atoms with E-state index in [9.17, 15) is 4.39 Å². The van der Waals surface area contributed by atoms with Crippen LogP contribution in [0.3, 0.4) is 0 Å². The van der Waals surface area contributed by atoms with Crippen LogP contribution in [0.5, 0.6) is 0 Å². The van der Waals surface area contributed by atoms with Crippen molar-refractivity contribution in [3.63, 3.8) is 0 Å². The molecule has 5 heteroatoms. The van der Waals surface area contributed by atoms with Crippen molar-refractivity contribution in [3.8, 4) is 0 Å². The first-order valence-electron chi connectivity index (χ1n) is 3.34. The molecule has 0 heterocycles. The first-order valence-corrected chi connectivity index (χ1v) is 4.13. The van der Waals surface area contributed by atoms with Crippen LogP contribution in [0.25, 0.3) is 0 Å². The van der Waals surface area contributed by atoms with Crippen LogP contribution >= 0.6 is 15.9 Å². The lowest BCUT2D eigenvalue weighted by atomic mass is 9.77. The van der Waals surface area contributed by atoms with Crippen molar-refractivity contribution in [1.82, 2.24) is 0 Å². The summed E-state index contributed by atoms with van der Waals surface area (Å²) in [6.45, 7) is 1.68. The summed E-state index contributed by atoms with van der Waals surface area (Å²) in [5, 5.41) is 17.6. The Morgan fingerprint density at radius 2 is 2.00 bits per heavy atom. The maximum absolute atomic E-state index is 12.9. The van der Waals surface area contributed by atoms with Gasteiger partial charge < -0.3 is 10.0 Å². The molecule has 1 rings (SSSR count). The lowest BCUT2D eigenvalue weighted by Crippen LogP contribution is -2.32. The van der Waals surface area contributed by atoms with E-state index in [-0.39, 0.29) is 5.46 Å². The predicted octanol–water partition coefficient (Wildman–Crippen LogP) is 0.576. The molecule has 1 aromatic carbocycles. The zero-order chi connectivity index (χ0) is 9.30. The molecule has 1 aromatic rings. The molecule has 0 saturated heterocycles. The smallest absolute Gasteiger partial charge is 0.423 e. The Morgan fingerprint density at radius 1 is 1.42 bits per heavy atom. The average Bonchev–Trinajstić information content (AvgIpc) is 1.96. The van der Waals surface area contributed by atoms with Crippen molar-refractivity contribution in [2.24, 2.45) is 0 Å². The topological polar surface area (TPSA) is 40.5 Å². The van der Waals surface area contributed by atoms with E-state index in [4.69, 9.17) is 10.0 Å². The molecule has 0 aliphatic carbocycles. The fraction of sp³-hybridized carbons (Fsp3) is 0.143. The molecule has 2 N–H and O–H groups in total. The normalized spacial score (nSPS) is 10.1. The standard InChI is InChI=1S/C7H7BBrFO2/c1-4-2-6(9)7(10)3-5(4)8(11)12/h2-3,11-12H,1H3. The third-order valence-electron chi connectivity index (χ3n) is 1.59. The minimum absolute atomic E-state index is 0.190. The minimum atomic E-state index is -1.62. The maximum atomic E-state index is 12.9. The van der Waals surface area contributed by atoms with Gasteiger partial charge in [0.2, 0.25) is 0 Å². The van der Waals surface area contributed by atoms with Gasteiger partial charge in [0.25, 0.3) is 0 Å². The Kier molecular flexibility index (Phi) is 2.87. The van der Waals surface area contributed by atoms with Gasteiger partial charge in [-0.1, -0.05) is 5.56 Å². The summed E-state index contributed by atoms with van der Waals surface area (Å²) in [5.41, 5.74) is 0.828. The van der Waals surface area contributed by atoms with Gasteiger partial charge in [-0.05, 0) is 40.4 Å². The molecule has 0 atom stereocenters. The van der Waals surface area contributed by atoms with Crippen LogP contribution in [0, 0.1) is 12.7 Å². The van der Waals surface area contributed by atoms with Gasteiger partial charge in [0.15, 0.2) is 0 Å². The Morgan fingerprint density at radius 3 is 2.50 bits per heavy atom. The van der Waals surface area contributed by atoms with Crippen LogP contribution in [-0.4, -0.2) is 17.2 Å². The van der Waals surface area contributed by atoms with Gasteiger partial charge in [0.05, 0.1) is 4.47 Å². The van der Waals surface area contributed by atoms with Gasteiger partial charge in [-0.25, -0.2) is 4.39 Å². The van der Waals surface area contributed by atoms with Crippen molar-refractivity contribution in [3.05, 3.63) is 28.0 Å². The summed E-state index contributed by atoms with van der Waals surface area (Å²) in [4.78, 5) is 0. The molecular weight excluding hydrogens is 226 g/mol. The lowest BCUT2D eigenvalue weighted by molar-refractivity contribution is 0.425. The number of halogens is 2. The highest BCUT2D eigenvalue weighted by Crippen LogP contribution is 2.15. The van der Waals surface area contributed by atoms with Gasteiger partial charge in [-0.3, -0.25) is 0 Å². The molecule has 0 fully saturated rings. The third-order valence-corrected chi connectivity index (χ3v) is 2.19. The molecule has 0 aliphatic heterocycles. The number of aryl methyl sites for hydroxylation is 1. The van der Waals surface area contributed by atoms with Crippen LogP contribution in [0.2, 0.25) is 0 Å². The zero-order valence-corrected chi connectivity index (χ0v) is 7.97. The molecule has 0 spiro atoms. The third kappa shape index (κ3) is 1.85. The van der Waals surface area contributed by atoms with Crippen LogP contribution in [0.15, 0.2) is 16.6 Å². The van der Waals surface area contributed by atoms with E-state index in [1.165, 1.54) is 6.07 Å². The van der Waals surface area contributed by atoms with Gasteiger partial charge in [-0.2, -0.15) is 0 Å². The molecule has 0 amide bonds. The highest BCUT2D eigenvalue weighted by molar-refractivity contribution is 9.10. The van der Waals surface area contributed by atoms with E-state index in [0.717, 1.165) is 6.07 Å². The molecular formula is C7H7BBrFO2. The maximum Gasteiger partial charge on any atom is 0.488 e. The SMILES string of the molecule is Cc1cc(Br)c(F)cc1B(O)O. The average molecular weight is 233 g/mol. The summed E-state index contributed by atoms with van der Waals surface area (Å²) < 4.78 is 13.2. The van der Waals surface area contributed by atoms with E-state index >= 15 is 0 Å². The van der Waals surface area contributed by atoms with Crippen molar-refractivity contribution >= 4 is 28.5 Å². The number of rotatable bonds is 1. The Hall–Kier alpha value is -0.385. The summed E-state index contributed by atoms with van der Waals surface area (Å²) in [6, 6.07) is 2.61. The monoisotopic (exact) mass is 232 g/mol. The molecule has 2 nitrogen and oxygen atoms in total. The van der Waals surface area contributed by atoms with Crippen LogP contribution in [0.1, 0.15) is 5.56 Å². The van der Waals surface area contributed by atoms with Crippen molar-refractivity contribution in [1.29, 1.82) is 0 Å². The van der Waals surface area contributed by atoms with Crippen LogP contribution < -0.4 is 5.46 Å². The van der Waals surface area contributed by atoms with E-state index in [0.29, 0.717) is 10.0 Å². The zero-order valence-electron chi connectivity index (χ0n) is 6.38. The van der Waals surface area contributed by atoms with Crippen molar-refractivity contribution in [2.45, 2.75) is 6.92 Å². The second kappa shape index (κ2) is 3.55. The summed E-state index contributed by atoms with van der Waals surface area (Å²) in [6.07, 6.45) is 0. The largest absolute Gasteiger partial charge is 0.488 e. The predicted molar refractivity (Wildman–Crippen MR) is 48.7 cm³/mol. The van der Waals surface area contributed by atoms with Crippen LogP contribution in [-0.2, 0) is 0 Å². The second-order valence-corrected chi connectivity index (χ2v) is 3.35. The van der Waals surface area contributed by atoms with E-state index in [1.54, 1.807) is 6.92 Å². The molecule has 12 heavy (non-hydrogen) atoms. The van der Waals surface area contributed by atoms with E-state index < -0.39 is 12.9 Å². The first-order chi connectivity index (χ1) is 5.52. The van der Waals surface area contributed by atoms with Gasteiger partial charge in [0.1, 0.15) is 5.82 Å². The quantitative estimate of drug-likeness (QED) is 0.696. The Bertz CT molecular complexity index is 304. The fourth-order valence-corrected chi connectivity index (χ4v) is 1.40. The second-order valence-electron chi connectivity index (χ2n) is 2.50. The van der Waals surface area contributed by atoms with E-state index in [1.807, 2.05) is 0 Å². The molecule has 0 bridgehead atoms. The van der Waals surface area contributed by atoms with Crippen molar-refractivity contribution < 1.29 is 14.4 Å². The molecule has 0 saturated carbocycles. The Balaban J connectivity index is 3.23. The summed E-state index contributed by atoms with van der Waals surface area (Å²) in [5.74, 6) is -0.497. The van der Waals surface area contributed by atoms with Crippen LogP contribution in [0.4, 0.5) is 4.39 Å². The van der Waals surface area contributed by atoms with Crippen molar-refractivity contribution in [2.75, 3.05) is 0 Å².